The fourth-order valence-corrected chi connectivity index (χ4v) is 1.37. The van der Waals surface area contributed by atoms with Crippen molar-refractivity contribution in [3.05, 3.63) is 0 Å². The number of ether oxygens (including phenoxy) is 1. The van der Waals surface area contributed by atoms with Gasteiger partial charge in [0.15, 0.2) is 0 Å². The molecule has 0 aliphatic carbocycles. The van der Waals surface area contributed by atoms with Gasteiger partial charge in [-0.3, -0.25) is 4.79 Å². The van der Waals surface area contributed by atoms with Crippen molar-refractivity contribution in [1.29, 1.82) is 0 Å². The summed E-state index contributed by atoms with van der Waals surface area (Å²) in [7, 11) is 0. The molecular formula is C8H13F3N2O2. The summed E-state index contributed by atoms with van der Waals surface area (Å²) in [5.41, 5.74) is 5.30. The predicted octanol–water partition coefficient (Wildman–Crippen LogP) is 0.171. The maximum atomic E-state index is 11.8. The number of nitrogens with one attached hydrogen (secondary N) is 1. The van der Waals surface area contributed by atoms with E-state index in [0.29, 0.717) is 12.8 Å². The van der Waals surface area contributed by atoms with Crippen LogP contribution in [0.4, 0.5) is 13.2 Å². The van der Waals surface area contributed by atoms with E-state index >= 15 is 0 Å². The van der Waals surface area contributed by atoms with E-state index in [9.17, 15) is 18.0 Å². The number of alkyl halides is 3. The van der Waals surface area contributed by atoms with Crippen LogP contribution in [-0.4, -0.2) is 37.4 Å². The van der Waals surface area contributed by atoms with Gasteiger partial charge in [0.2, 0.25) is 5.91 Å². The van der Waals surface area contributed by atoms with E-state index in [-0.39, 0.29) is 12.6 Å². The number of amides is 1. The van der Waals surface area contributed by atoms with Gasteiger partial charge in [0.25, 0.3) is 0 Å². The molecule has 0 aromatic rings. The molecule has 1 rings (SSSR count). The Morgan fingerprint density at radius 2 is 2.13 bits per heavy atom. The lowest BCUT2D eigenvalue weighted by Gasteiger charge is -2.13. The fourth-order valence-electron chi connectivity index (χ4n) is 1.37. The molecule has 15 heavy (non-hydrogen) atoms. The summed E-state index contributed by atoms with van der Waals surface area (Å²) >= 11 is 0. The summed E-state index contributed by atoms with van der Waals surface area (Å²) in [5, 5.41) is 1.78. The van der Waals surface area contributed by atoms with E-state index in [1.807, 2.05) is 0 Å². The largest absolute Gasteiger partial charge is 0.405 e. The predicted molar refractivity (Wildman–Crippen MR) is 46.0 cm³/mol. The molecule has 0 radical (unpaired) electrons. The number of hydrogen-bond acceptors (Lipinski definition) is 3. The summed E-state index contributed by atoms with van der Waals surface area (Å²) in [5.74, 6) is -0.719. The molecule has 88 valence electrons. The molecule has 1 saturated heterocycles. The molecule has 2 atom stereocenters. The molecule has 0 aromatic carbocycles. The zero-order chi connectivity index (χ0) is 11.5. The van der Waals surface area contributed by atoms with Gasteiger partial charge in [0.1, 0.15) is 12.6 Å². The van der Waals surface area contributed by atoms with Crippen molar-refractivity contribution in [2.75, 3.05) is 13.1 Å². The van der Waals surface area contributed by atoms with Gasteiger partial charge in [-0.1, -0.05) is 0 Å². The van der Waals surface area contributed by atoms with Gasteiger partial charge in [0.05, 0.1) is 6.10 Å². The lowest BCUT2D eigenvalue weighted by atomic mass is 10.2. The van der Waals surface area contributed by atoms with Crippen LogP contribution in [-0.2, 0) is 9.53 Å². The Bertz CT molecular complexity index is 232. The molecule has 0 saturated carbocycles. The average molecular weight is 226 g/mol. The lowest BCUT2D eigenvalue weighted by molar-refractivity contribution is -0.145. The second-order valence-electron chi connectivity index (χ2n) is 3.39. The van der Waals surface area contributed by atoms with Gasteiger partial charge in [0, 0.05) is 6.54 Å². The van der Waals surface area contributed by atoms with Crippen LogP contribution in [0, 0.1) is 0 Å². The molecule has 0 spiro atoms. The number of nitrogens with two attached hydrogens (primary N) is 1. The molecule has 1 amide bonds. The third kappa shape index (κ3) is 4.05. The van der Waals surface area contributed by atoms with Crippen LogP contribution in [0.25, 0.3) is 0 Å². The van der Waals surface area contributed by atoms with Crippen LogP contribution in [0.15, 0.2) is 0 Å². The minimum atomic E-state index is -4.39. The molecule has 1 fully saturated rings. The summed E-state index contributed by atoms with van der Waals surface area (Å²) in [4.78, 5) is 11.2. The van der Waals surface area contributed by atoms with Gasteiger partial charge < -0.3 is 15.8 Å². The summed E-state index contributed by atoms with van der Waals surface area (Å²) in [6.07, 6.45) is -4.36. The number of hydrogen-bond donors (Lipinski definition) is 2. The van der Waals surface area contributed by atoms with Crippen LogP contribution in [0.3, 0.4) is 0 Å². The van der Waals surface area contributed by atoms with Gasteiger partial charge in [-0.05, 0) is 12.8 Å². The summed E-state index contributed by atoms with van der Waals surface area (Å²) in [6.45, 7) is -1.04. The molecule has 0 aromatic heterocycles. The zero-order valence-electron chi connectivity index (χ0n) is 8.01. The normalized spacial score (nSPS) is 26.7. The molecule has 3 N–H and O–H groups in total. The van der Waals surface area contributed by atoms with Gasteiger partial charge in [-0.25, -0.2) is 0 Å². The second-order valence-corrected chi connectivity index (χ2v) is 3.39. The zero-order valence-corrected chi connectivity index (χ0v) is 8.01. The SMILES string of the molecule is NC[C@H]1CC[C@@H](C(=O)NCC(F)(F)F)O1. The Labute approximate surface area is 84.9 Å². The fraction of sp³-hybridized carbons (Fsp3) is 0.875. The van der Waals surface area contributed by atoms with Gasteiger partial charge in [-0.2, -0.15) is 13.2 Å². The third-order valence-electron chi connectivity index (χ3n) is 2.13. The molecule has 1 aliphatic rings. The van der Waals surface area contributed by atoms with Crippen molar-refractivity contribution >= 4 is 5.91 Å². The highest BCUT2D eigenvalue weighted by Gasteiger charge is 2.33. The minimum Gasteiger partial charge on any atom is -0.364 e. The highest BCUT2D eigenvalue weighted by atomic mass is 19.4. The van der Waals surface area contributed by atoms with E-state index in [4.69, 9.17) is 10.5 Å². The standard InChI is InChI=1S/C8H13F3N2O2/c9-8(10,11)4-13-7(14)6-2-1-5(3-12)15-6/h5-6H,1-4,12H2,(H,13,14)/t5-,6+/m1/s1. The number of carbonyl (C=O) groups excluding carboxylic acids is 1. The number of halogens is 3. The molecule has 4 nitrogen and oxygen atoms in total. The molecular weight excluding hydrogens is 213 g/mol. The lowest BCUT2D eigenvalue weighted by Crippen LogP contribution is -2.40. The number of carbonyl (C=O) groups is 1. The topological polar surface area (TPSA) is 64.4 Å². The Morgan fingerprint density at radius 1 is 1.47 bits per heavy atom. The Morgan fingerprint density at radius 3 is 2.60 bits per heavy atom. The van der Waals surface area contributed by atoms with Crippen molar-refractivity contribution in [3.63, 3.8) is 0 Å². The van der Waals surface area contributed by atoms with Crippen LogP contribution >= 0.6 is 0 Å². The highest BCUT2D eigenvalue weighted by Crippen LogP contribution is 2.19. The van der Waals surface area contributed by atoms with Crippen molar-refractivity contribution in [2.45, 2.75) is 31.2 Å². The summed E-state index contributed by atoms with van der Waals surface area (Å²) < 4.78 is 40.4. The second kappa shape index (κ2) is 4.80. The Hall–Kier alpha value is -0.820. The maximum Gasteiger partial charge on any atom is 0.405 e. The van der Waals surface area contributed by atoms with E-state index in [1.165, 1.54) is 0 Å². The quantitative estimate of drug-likeness (QED) is 0.721. The molecule has 1 aliphatic heterocycles. The van der Waals surface area contributed by atoms with Crippen LogP contribution in [0.1, 0.15) is 12.8 Å². The number of rotatable bonds is 3. The van der Waals surface area contributed by atoms with E-state index < -0.39 is 24.7 Å². The first kappa shape index (κ1) is 12.3. The first-order valence-electron chi connectivity index (χ1n) is 4.62. The van der Waals surface area contributed by atoms with Crippen molar-refractivity contribution in [2.24, 2.45) is 5.73 Å². The maximum absolute atomic E-state index is 11.8. The molecule has 1 heterocycles. The monoisotopic (exact) mass is 226 g/mol. The highest BCUT2D eigenvalue weighted by molar-refractivity contribution is 5.81. The Balaban J connectivity index is 2.30. The van der Waals surface area contributed by atoms with E-state index in [2.05, 4.69) is 0 Å². The average Bonchev–Trinajstić information content (AvgIpc) is 2.61. The molecule has 0 unspecified atom stereocenters. The van der Waals surface area contributed by atoms with Crippen molar-refractivity contribution in [1.82, 2.24) is 5.32 Å². The van der Waals surface area contributed by atoms with Crippen molar-refractivity contribution in [3.8, 4) is 0 Å². The van der Waals surface area contributed by atoms with Gasteiger partial charge >= 0.3 is 6.18 Å². The van der Waals surface area contributed by atoms with Crippen molar-refractivity contribution < 1.29 is 22.7 Å². The summed E-state index contributed by atoms with van der Waals surface area (Å²) in [6, 6.07) is 0. The molecule has 0 bridgehead atoms. The van der Waals surface area contributed by atoms with Gasteiger partial charge in [-0.15, -0.1) is 0 Å². The Kier molecular flexibility index (Phi) is 3.92. The van der Waals surface area contributed by atoms with E-state index in [0.717, 1.165) is 0 Å². The van der Waals surface area contributed by atoms with Crippen LogP contribution < -0.4 is 11.1 Å². The first-order chi connectivity index (χ1) is 6.92. The van der Waals surface area contributed by atoms with E-state index in [1.54, 1.807) is 5.32 Å². The smallest absolute Gasteiger partial charge is 0.364 e. The molecule has 7 heteroatoms. The van der Waals surface area contributed by atoms with Crippen LogP contribution in [0.2, 0.25) is 0 Å². The first-order valence-corrected chi connectivity index (χ1v) is 4.62. The minimum absolute atomic E-state index is 0.216. The third-order valence-corrected chi connectivity index (χ3v) is 2.13. The van der Waals surface area contributed by atoms with Crippen LogP contribution in [0.5, 0.6) is 0 Å².